The molecule has 2 aromatic heterocycles. The van der Waals surface area contributed by atoms with Crippen molar-refractivity contribution >= 4 is 64.6 Å². The Labute approximate surface area is 360 Å². The molecule has 0 bridgehead atoms. The number of ether oxygens (including phenoxy) is 1. The Bertz CT molecular complexity index is 2320. The van der Waals surface area contributed by atoms with Crippen LogP contribution in [0.3, 0.4) is 0 Å². The van der Waals surface area contributed by atoms with Crippen molar-refractivity contribution in [2.24, 2.45) is 10.9 Å². The maximum absolute atomic E-state index is 15.7. The normalized spacial score (nSPS) is 15.5. The first kappa shape index (κ1) is 47.6. The van der Waals surface area contributed by atoms with Crippen LogP contribution < -0.4 is 25.0 Å². The third kappa shape index (κ3) is 10.9. The molecule has 12 nitrogen and oxygen atoms in total. The molecule has 1 unspecified atom stereocenters. The van der Waals surface area contributed by atoms with Crippen molar-refractivity contribution < 1.29 is 49.4 Å². The summed E-state index contributed by atoms with van der Waals surface area (Å²) >= 11 is 7.67. The highest BCUT2D eigenvalue weighted by molar-refractivity contribution is 7.97. The number of carbonyl (C=O) groups is 2. The van der Waals surface area contributed by atoms with E-state index in [0.717, 1.165) is 24.1 Å². The zero-order chi connectivity index (χ0) is 45.7. The van der Waals surface area contributed by atoms with Crippen molar-refractivity contribution in [3.8, 4) is 5.88 Å². The van der Waals surface area contributed by atoms with Crippen LogP contribution in [-0.2, 0) is 30.1 Å². The minimum Gasteiger partial charge on any atom is -0.477 e. The summed E-state index contributed by atoms with van der Waals surface area (Å²) in [5.74, 6) is -12.1. The molecular formula is C40H42ClF8N9O3S. The molecule has 0 saturated heterocycles. The van der Waals surface area contributed by atoms with Gasteiger partial charge >= 0.3 is 0 Å². The Kier molecular flexibility index (Phi) is 15.1. The van der Waals surface area contributed by atoms with Gasteiger partial charge in [-0.3, -0.25) is 19.7 Å². The summed E-state index contributed by atoms with van der Waals surface area (Å²) in [6.45, 7) is 0.432. The smallest absolute Gasteiger partial charge is 0.292 e. The van der Waals surface area contributed by atoms with Crippen molar-refractivity contribution in [1.29, 1.82) is 5.41 Å². The Morgan fingerprint density at radius 2 is 1.89 bits per heavy atom. The van der Waals surface area contributed by atoms with Crippen LogP contribution in [0.2, 0.25) is 5.02 Å². The van der Waals surface area contributed by atoms with Gasteiger partial charge in [-0.15, -0.1) is 0 Å². The number of benzene rings is 2. The number of pyridine rings is 1. The van der Waals surface area contributed by atoms with E-state index >= 15 is 8.78 Å². The molecule has 0 saturated carbocycles. The summed E-state index contributed by atoms with van der Waals surface area (Å²) in [6.07, 6.45) is -2.62. The van der Waals surface area contributed by atoms with E-state index in [1.165, 1.54) is 50.2 Å². The quantitative estimate of drug-likeness (QED) is 0.0268. The largest absolute Gasteiger partial charge is 0.477 e. The van der Waals surface area contributed by atoms with Crippen molar-refractivity contribution in [2.75, 3.05) is 37.2 Å². The van der Waals surface area contributed by atoms with Gasteiger partial charge in [0.2, 0.25) is 17.7 Å². The van der Waals surface area contributed by atoms with Gasteiger partial charge in [-0.05, 0) is 55.7 Å². The van der Waals surface area contributed by atoms with E-state index in [2.05, 4.69) is 30.4 Å². The lowest BCUT2D eigenvalue weighted by molar-refractivity contribution is -0.122. The van der Waals surface area contributed by atoms with Gasteiger partial charge in [0.05, 0.1) is 40.2 Å². The lowest BCUT2D eigenvalue weighted by Gasteiger charge is -2.32. The molecular weight excluding hydrogens is 874 g/mol. The summed E-state index contributed by atoms with van der Waals surface area (Å²) in [6, 6.07) is 6.43. The van der Waals surface area contributed by atoms with E-state index in [9.17, 15) is 35.9 Å². The number of halogens is 9. The van der Waals surface area contributed by atoms with Crippen LogP contribution in [0.4, 0.5) is 52.3 Å². The Hall–Kier alpha value is -5.44. The molecule has 334 valence electrons. The first-order chi connectivity index (χ1) is 29.2. The van der Waals surface area contributed by atoms with Crippen LogP contribution in [0.1, 0.15) is 71.6 Å². The first-order valence-corrected chi connectivity index (χ1v) is 20.5. The van der Waals surface area contributed by atoms with E-state index < -0.39 is 85.2 Å². The Morgan fingerprint density at radius 1 is 1.19 bits per heavy atom. The predicted molar refractivity (Wildman–Crippen MR) is 221 cm³/mol. The van der Waals surface area contributed by atoms with Crippen LogP contribution in [-0.4, -0.2) is 77.6 Å². The monoisotopic (exact) mass is 915 g/mol. The highest BCUT2D eigenvalue weighted by Gasteiger charge is 2.48. The van der Waals surface area contributed by atoms with Crippen LogP contribution in [0.15, 0.2) is 47.5 Å². The van der Waals surface area contributed by atoms with Crippen molar-refractivity contribution in [3.05, 3.63) is 92.8 Å². The number of hydrogen-bond acceptors (Lipinski definition) is 9. The zero-order valence-electron chi connectivity index (χ0n) is 33.9. The van der Waals surface area contributed by atoms with Crippen molar-refractivity contribution in [2.45, 2.75) is 70.4 Å². The molecule has 0 spiro atoms. The van der Waals surface area contributed by atoms with Crippen LogP contribution in [0.25, 0.3) is 0 Å². The fourth-order valence-electron chi connectivity index (χ4n) is 6.90. The minimum atomic E-state index is -3.65. The molecule has 2 aromatic carbocycles. The fourth-order valence-corrected chi connectivity index (χ4v) is 7.46. The molecule has 5 rings (SSSR count). The van der Waals surface area contributed by atoms with E-state index in [0.29, 0.717) is 24.0 Å². The summed E-state index contributed by atoms with van der Waals surface area (Å²) < 4.78 is 125. The number of amidine groups is 2. The van der Waals surface area contributed by atoms with E-state index in [1.807, 2.05) is 0 Å². The molecule has 62 heavy (non-hydrogen) atoms. The molecule has 22 heteroatoms. The maximum atomic E-state index is 15.7. The molecule has 1 amide bonds. The lowest BCUT2D eigenvalue weighted by Crippen LogP contribution is -2.50. The maximum Gasteiger partial charge on any atom is 0.292 e. The number of fused-ring (bicyclic) bond motifs is 1. The van der Waals surface area contributed by atoms with Gasteiger partial charge in [-0.2, -0.15) is 18.9 Å². The average Bonchev–Trinajstić information content (AvgIpc) is 3.56. The minimum absolute atomic E-state index is 0.0524. The highest BCUT2D eigenvalue weighted by atomic mass is 35.5. The number of aldehydes is 1. The number of amides is 1. The van der Waals surface area contributed by atoms with E-state index in [-0.39, 0.29) is 74.9 Å². The van der Waals surface area contributed by atoms with Crippen LogP contribution in [0, 0.1) is 23.0 Å². The van der Waals surface area contributed by atoms with Gasteiger partial charge in [0.25, 0.3) is 12.3 Å². The fraction of sp³-hybridized carbons (Fsp3) is 0.400. The topological polar surface area (TPSA) is 150 Å². The molecule has 0 aliphatic heterocycles. The number of carbonyl (C=O) groups excluding carboxylic acids is 2. The standard InChI is InChI=1S/C40H42ClF8N9O3S/c1-20-6-8-25-32(35(44)45)55-58(34(25)40(20,48)49)18-29(60)52-27(16-21-14-23(42)17-24(43)15-21)38(54-37-22(19-59)7-11-30(53-37)61-13-12-39(2,46)47)57(4)28-10-9-26(41)31(33(28)51-3)36(50)56-62-5/h7,9-11,14-15,17,19-20,27,35,51H,6,8,12-13,16,18H2,1-5H3,(H2,50,56)(H,52,60)/b54-38-/t20?,27-/m0/s1. The van der Waals surface area contributed by atoms with E-state index in [4.69, 9.17) is 21.7 Å². The van der Waals surface area contributed by atoms with E-state index in [1.54, 1.807) is 6.26 Å². The number of nitrogens with one attached hydrogen (secondary N) is 4. The number of likely N-dealkylation sites (N-methyl/N-ethyl adjacent to an activating group) is 1. The van der Waals surface area contributed by atoms with Gasteiger partial charge in [0, 0.05) is 56.8 Å². The molecule has 2 heterocycles. The molecule has 0 radical (unpaired) electrons. The summed E-state index contributed by atoms with van der Waals surface area (Å²) in [4.78, 5) is 36.8. The van der Waals surface area contributed by atoms with Gasteiger partial charge < -0.3 is 25.0 Å². The molecule has 4 N–H and O–H groups in total. The van der Waals surface area contributed by atoms with Gasteiger partial charge in [0.1, 0.15) is 41.2 Å². The molecule has 2 atom stereocenters. The zero-order valence-corrected chi connectivity index (χ0v) is 35.4. The SMILES string of the molecule is CNc1c(N(C)/C(=N\c2nc(OCCC(C)(F)F)ccc2C=O)[C@H](Cc2cc(F)cc(F)c2)NC(=O)Cn2nc(C(F)F)c3c2C(F)(F)C(C)CC3)ccc(Cl)c1C(=N)NSC. The first-order valence-electron chi connectivity index (χ1n) is 18.9. The number of rotatable bonds is 17. The second-order valence-electron chi connectivity index (χ2n) is 14.5. The third-order valence-corrected chi connectivity index (χ3v) is 10.6. The second kappa shape index (κ2) is 19.7. The number of anilines is 2. The van der Waals surface area contributed by atoms with Gasteiger partial charge in [0.15, 0.2) is 12.1 Å². The van der Waals surface area contributed by atoms with Gasteiger partial charge in [-0.25, -0.2) is 31.3 Å². The number of alkyl halides is 6. The molecule has 1 aliphatic carbocycles. The lowest BCUT2D eigenvalue weighted by atomic mass is 9.84. The second-order valence-corrected chi connectivity index (χ2v) is 15.5. The molecule has 0 fully saturated rings. The average molecular weight is 916 g/mol. The predicted octanol–water partition coefficient (Wildman–Crippen LogP) is 8.89. The third-order valence-electron chi connectivity index (χ3n) is 9.91. The number of nitrogens with zero attached hydrogens (tertiary/aromatic N) is 5. The summed E-state index contributed by atoms with van der Waals surface area (Å²) in [7, 11) is 2.96. The summed E-state index contributed by atoms with van der Waals surface area (Å²) in [5, 5.41) is 18.2. The Morgan fingerprint density at radius 3 is 2.50 bits per heavy atom. The van der Waals surface area contributed by atoms with Crippen molar-refractivity contribution in [3.63, 3.8) is 0 Å². The van der Waals surface area contributed by atoms with Crippen molar-refractivity contribution in [1.82, 2.24) is 24.8 Å². The molecule has 1 aliphatic rings. The highest BCUT2D eigenvalue weighted by Crippen LogP contribution is 2.46. The van der Waals surface area contributed by atoms with Gasteiger partial charge in [-0.1, -0.05) is 30.5 Å². The number of hydrogen-bond donors (Lipinski definition) is 4. The molecule has 4 aromatic rings. The summed E-state index contributed by atoms with van der Waals surface area (Å²) in [5.41, 5.74) is -1.73. The Balaban J connectivity index is 1.72. The van der Waals surface area contributed by atoms with Crippen LogP contribution in [0.5, 0.6) is 5.88 Å². The number of aromatic nitrogens is 3. The number of aliphatic imine (C=N–C) groups is 1. The van der Waals surface area contributed by atoms with Crippen LogP contribution >= 0.6 is 23.5 Å².